The molecule has 1 amide bonds. The van der Waals surface area contributed by atoms with Gasteiger partial charge in [0.25, 0.3) is 0 Å². The Bertz CT molecular complexity index is 371. The van der Waals surface area contributed by atoms with Crippen molar-refractivity contribution < 1.29 is 9.21 Å². The minimum atomic E-state index is -0.145. The van der Waals surface area contributed by atoms with E-state index in [1.165, 1.54) is 0 Å². The molecule has 0 bridgehead atoms. The molecule has 0 aliphatic heterocycles. The second kappa shape index (κ2) is 5.87. The van der Waals surface area contributed by atoms with E-state index >= 15 is 0 Å². The summed E-state index contributed by atoms with van der Waals surface area (Å²) in [6, 6.07) is 3.96. The number of carbonyl (C=O) groups excluding carboxylic acids is 1. The molecule has 96 valence electrons. The second-order valence-corrected chi connectivity index (χ2v) is 4.71. The van der Waals surface area contributed by atoms with Gasteiger partial charge in [0.2, 0.25) is 5.91 Å². The standard InChI is InChI=1S/C13H22N2O2/c1-9(2)15(13(16)10(3)7-14)8-12-6-5-11(4)17-12/h5-6,9-10H,7-8,14H2,1-4H3. The summed E-state index contributed by atoms with van der Waals surface area (Å²) in [5, 5.41) is 0. The van der Waals surface area contributed by atoms with Crippen molar-refractivity contribution in [1.29, 1.82) is 0 Å². The fourth-order valence-corrected chi connectivity index (χ4v) is 1.64. The number of nitrogens with zero attached hydrogens (tertiary/aromatic N) is 1. The molecule has 1 rings (SSSR count). The summed E-state index contributed by atoms with van der Waals surface area (Å²) in [5.74, 6) is 1.61. The summed E-state index contributed by atoms with van der Waals surface area (Å²) >= 11 is 0. The molecule has 1 aromatic heterocycles. The van der Waals surface area contributed by atoms with Crippen LogP contribution >= 0.6 is 0 Å². The van der Waals surface area contributed by atoms with Crippen LogP contribution in [0, 0.1) is 12.8 Å². The molecule has 0 saturated carbocycles. The van der Waals surface area contributed by atoms with Gasteiger partial charge in [0, 0.05) is 18.5 Å². The van der Waals surface area contributed by atoms with Gasteiger partial charge >= 0.3 is 0 Å². The summed E-state index contributed by atoms with van der Waals surface area (Å²) in [7, 11) is 0. The van der Waals surface area contributed by atoms with Gasteiger partial charge in [-0.05, 0) is 32.9 Å². The van der Waals surface area contributed by atoms with Crippen LogP contribution < -0.4 is 5.73 Å². The lowest BCUT2D eigenvalue weighted by molar-refractivity contribution is -0.137. The lowest BCUT2D eigenvalue weighted by Crippen LogP contribution is -2.41. The molecule has 0 aliphatic rings. The van der Waals surface area contributed by atoms with Crippen LogP contribution in [-0.2, 0) is 11.3 Å². The Hall–Kier alpha value is -1.29. The number of carbonyl (C=O) groups is 1. The molecule has 1 aromatic rings. The van der Waals surface area contributed by atoms with Crippen LogP contribution in [0.3, 0.4) is 0 Å². The molecule has 0 fully saturated rings. The molecular formula is C13H22N2O2. The third-order valence-electron chi connectivity index (χ3n) is 2.80. The Morgan fingerprint density at radius 3 is 2.47 bits per heavy atom. The maximum absolute atomic E-state index is 12.1. The van der Waals surface area contributed by atoms with Gasteiger partial charge in [-0.1, -0.05) is 6.92 Å². The summed E-state index contributed by atoms with van der Waals surface area (Å²) in [5.41, 5.74) is 5.54. The number of nitrogens with two attached hydrogens (primary N) is 1. The van der Waals surface area contributed by atoms with Crippen LogP contribution in [0.4, 0.5) is 0 Å². The summed E-state index contributed by atoms with van der Waals surface area (Å²) in [6.45, 7) is 8.63. The Labute approximate surface area is 103 Å². The summed E-state index contributed by atoms with van der Waals surface area (Å²) < 4.78 is 5.50. The highest BCUT2D eigenvalue weighted by molar-refractivity contribution is 5.78. The van der Waals surface area contributed by atoms with Crippen molar-refractivity contribution >= 4 is 5.91 Å². The molecule has 17 heavy (non-hydrogen) atoms. The number of aryl methyl sites for hydroxylation is 1. The van der Waals surface area contributed by atoms with Crippen LogP contribution in [0.15, 0.2) is 16.5 Å². The van der Waals surface area contributed by atoms with E-state index in [1.807, 2.05) is 39.8 Å². The maximum atomic E-state index is 12.1. The van der Waals surface area contributed by atoms with E-state index in [0.717, 1.165) is 11.5 Å². The maximum Gasteiger partial charge on any atom is 0.227 e. The van der Waals surface area contributed by atoms with E-state index in [4.69, 9.17) is 10.2 Å². The first-order chi connectivity index (χ1) is 7.95. The normalized spacial score (nSPS) is 12.8. The number of hydrogen-bond donors (Lipinski definition) is 1. The number of amides is 1. The highest BCUT2D eigenvalue weighted by Crippen LogP contribution is 2.14. The van der Waals surface area contributed by atoms with E-state index in [9.17, 15) is 4.79 Å². The van der Waals surface area contributed by atoms with Gasteiger partial charge in [0.1, 0.15) is 11.5 Å². The Balaban J connectivity index is 2.76. The van der Waals surface area contributed by atoms with Crippen molar-refractivity contribution in [3.63, 3.8) is 0 Å². The zero-order valence-electron chi connectivity index (χ0n) is 11.1. The quantitative estimate of drug-likeness (QED) is 0.852. The first-order valence-electron chi connectivity index (χ1n) is 6.01. The SMILES string of the molecule is Cc1ccc(CN(C(=O)C(C)CN)C(C)C)o1. The Morgan fingerprint density at radius 2 is 2.06 bits per heavy atom. The van der Waals surface area contributed by atoms with Gasteiger partial charge in [-0.3, -0.25) is 4.79 Å². The topological polar surface area (TPSA) is 59.5 Å². The van der Waals surface area contributed by atoms with Gasteiger partial charge in [-0.15, -0.1) is 0 Å². The molecule has 2 N–H and O–H groups in total. The lowest BCUT2D eigenvalue weighted by atomic mass is 10.1. The Kier molecular flexibility index (Phi) is 4.75. The van der Waals surface area contributed by atoms with Crippen molar-refractivity contribution in [1.82, 2.24) is 4.90 Å². The van der Waals surface area contributed by atoms with Crippen molar-refractivity contribution in [2.24, 2.45) is 11.7 Å². The predicted molar refractivity (Wildman–Crippen MR) is 67.3 cm³/mol. The molecular weight excluding hydrogens is 216 g/mol. The second-order valence-electron chi connectivity index (χ2n) is 4.71. The lowest BCUT2D eigenvalue weighted by Gasteiger charge is -2.28. The molecule has 0 radical (unpaired) electrons. The molecule has 0 aromatic carbocycles. The van der Waals surface area contributed by atoms with Crippen molar-refractivity contribution in [3.8, 4) is 0 Å². The molecule has 4 heteroatoms. The molecule has 1 atom stereocenters. The van der Waals surface area contributed by atoms with E-state index in [2.05, 4.69) is 0 Å². The van der Waals surface area contributed by atoms with Crippen LogP contribution in [0.5, 0.6) is 0 Å². The van der Waals surface area contributed by atoms with Gasteiger partial charge in [0.05, 0.1) is 6.54 Å². The third kappa shape index (κ3) is 3.60. The fourth-order valence-electron chi connectivity index (χ4n) is 1.64. The minimum Gasteiger partial charge on any atom is -0.464 e. The third-order valence-corrected chi connectivity index (χ3v) is 2.80. The fraction of sp³-hybridized carbons (Fsp3) is 0.615. The first-order valence-corrected chi connectivity index (χ1v) is 6.01. The van der Waals surface area contributed by atoms with Crippen LogP contribution in [0.1, 0.15) is 32.3 Å². The zero-order chi connectivity index (χ0) is 13.0. The van der Waals surface area contributed by atoms with E-state index in [1.54, 1.807) is 4.90 Å². The number of hydrogen-bond acceptors (Lipinski definition) is 3. The van der Waals surface area contributed by atoms with E-state index < -0.39 is 0 Å². The van der Waals surface area contributed by atoms with E-state index in [-0.39, 0.29) is 17.9 Å². The van der Waals surface area contributed by atoms with Crippen molar-refractivity contribution in [2.45, 2.75) is 40.3 Å². The number of furan rings is 1. The minimum absolute atomic E-state index is 0.0801. The molecule has 4 nitrogen and oxygen atoms in total. The average Bonchev–Trinajstić information content (AvgIpc) is 2.69. The molecule has 0 saturated heterocycles. The van der Waals surface area contributed by atoms with Gasteiger partial charge in [-0.2, -0.15) is 0 Å². The van der Waals surface area contributed by atoms with Crippen LogP contribution in [-0.4, -0.2) is 23.4 Å². The molecule has 0 spiro atoms. The van der Waals surface area contributed by atoms with Crippen molar-refractivity contribution in [2.75, 3.05) is 6.54 Å². The monoisotopic (exact) mass is 238 g/mol. The summed E-state index contributed by atoms with van der Waals surface area (Å²) in [4.78, 5) is 13.9. The van der Waals surface area contributed by atoms with Crippen LogP contribution in [0.2, 0.25) is 0 Å². The smallest absolute Gasteiger partial charge is 0.227 e. The van der Waals surface area contributed by atoms with Gasteiger partial charge in [0.15, 0.2) is 0 Å². The highest BCUT2D eigenvalue weighted by atomic mass is 16.3. The summed E-state index contributed by atoms with van der Waals surface area (Å²) in [6.07, 6.45) is 0. The molecule has 1 unspecified atom stereocenters. The number of rotatable bonds is 5. The zero-order valence-corrected chi connectivity index (χ0v) is 11.1. The average molecular weight is 238 g/mol. The highest BCUT2D eigenvalue weighted by Gasteiger charge is 2.22. The largest absolute Gasteiger partial charge is 0.464 e. The molecule has 0 aliphatic carbocycles. The van der Waals surface area contributed by atoms with Crippen LogP contribution in [0.25, 0.3) is 0 Å². The van der Waals surface area contributed by atoms with Gasteiger partial charge < -0.3 is 15.1 Å². The van der Waals surface area contributed by atoms with Crippen molar-refractivity contribution in [3.05, 3.63) is 23.7 Å². The molecule has 1 heterocycles. The van der Waals surface area contributed by atoms with E-state index in [0.29, 0.717) is 13.1 Å². The first kappa shape index (κ1) is 13.8. The predicted octanol–water partition coefficient (Wildman–Crippen LogP) is 1.92. The van der Waals surface area contributed by atoms with Gasteiger partial charge in [-0.25, -0.2) is 0 Å². The Morgan fingerprint density at radius 1 is 1.41 bits per heavy atom.